The van der Waals surface area contributed by atoms with Crippen LogP contribution in [0.3, 0.4) is 0 Å². The van der Waals surface area contributed by atoms with Gasteiger partial charge in [-0.1, -0.05) is 24.3 Å². The molecule has 1 fully saturated rings. The van der Waals surface area contributed by atoms with Crippen molar-refractivity contribution >= 4 is 5.96 Å². The molecular weight excluding hydrogens is 366 g/mol. The van der Waals surface area contributed by atoms with Crippen molar-refractivity contribution in [2.75, 3.05) is 39.4 Å². The molecule has 0 radical (unpaired) electrons. The first kappa shape index (κ1) is 21.3. The number of hydrogen-bond donors (Lipinski definition) is 2. The van der Waals surface area contributed by atoms with Gasteiger partial charge in [-0.05, 0) is 31.9 Å². The van der Waals surface area contributed by atoms with Crippen molar-refractivity contribution in [3.8, 4) is 0 Å². The molecule has 158 valence electrons. The molecule has 8 heteroatoms. The maximum absolute atomic E-state index is 5.48. The molecule has 8 nitrogen and oxygen atoms in total. The maximum atomic E-state index is 5.48. The van der Waals surface area contributed by atoms with E-state index in [0.717, 1.165) is 45.4 Å². The van der Waals surface area contributed by atoms with E-state index in [0.29, 0.717) is 13.1 Å². The second kappa shape index (κ2) is 10.4. The average Bonchev–Trinajstić information content (AvgIpc) is 3.24. The first-order valence-corrected chi connectivity index (χ1v) is 10.3. The lowest BCUT2D eigenvalue weighted by Crippen LogP contribution is -2.56. The summed E-state index contributed by atoms with van der Waals surface area (Å²) in [5, 5.41) is 11.0. The summed E-state index contributed by atoms with van der Waals surface area (Å²) in [4.78, 5) is 11.3. The van der Waals surface area contributed by atoms with Crippen LogP contribution in [0.15, 0.2) is 41.9 Å². The molecule has 29 heavy (non-hydrogen) atoms. The number of guanidine groups is 1. The summed E-state index contributed by atoms with van der Waals surface area (Å²) < 4.78 is 7.30. The molecule has 0 bridgehead atoms. The SMILES string of the molecule is CCNC(=NCc1cccc(Cn2cncn2)c1)NCC(C)(C)N1CCOCC1. The molecule has 0 amide bonds. The minimum atomic E-state index is 0.0394. The number of morpholine rings is 1. The fourth-order valence-electron chi connectivity index (χ4n) is 3.42. The number of hydrogen-bond acceptors (Lipinski definition) is 5. The lowest BCUT2D eigenvalue weighted by atomic mass is 10.0. The van der Waals surface area contributed by atoms with Gasteiger partial charge in [0.2, 0.25) is 0 Å². The van der Waals surface area contributed by atoms with Crippen LogP contribution >= 0.6 is 0 Å². The Kier molecular flexibility index (Phi) is 7.60. The molecule has 2 N–H and O–H groups in total. The number of ether oxygens (including phenoxy) is 1. The van der Waals surface area contributed by atoms with E-state index >= 15 is 0 Å². The smallest absolute Gasteiger partial charge is 0.191 e. The minimum absolute atomic E-state index is 0.0394. The third kappa shape index (κ3) is 6.54. The molecule has 2 heterocycles. The van der Waals surface area contributed by atoms with Crippen LogP contribution in [-0.4, -0.2) is 70.6 Å². The van der Waals surface area contributed by atoms with Crippen LogP contribution in [0.5, 0.6) is 0 Å². The zero-order chi connectivity index (χ0) is 20.5. The Morgan fingerprint density at radius 2 is 2.00 bits per heavy atom. The lowest BCUT2D eigenvalue weighted by molar-refractivity contribution is -0.00834. The highest BCUT2D eigenvalue weighted by Gasteiger charge is 2.28. The van der Waals surface area contributed by atoms with E-state index in [4.69, 9.17) is 9.73 Å². The molecule has 2 aromatic rings. The Morgan fingerprint density at radius 1 is 1.21 bits per heavy atom. The minimum Gasteiger partial charge on any atom is -0.379 e. The van der Waals surface area contributed by atoms with Gasteiger partial charge in [0.05, 0.1) is 26.3 Å². The van der Waals surface area contributed by atoms with Crippen LogP contribution < -0.4 is 10.6 Å². The molecule has 0 aliphatic carbocycles. The van der Waals surface area contributed by atoms with Gasteiger partial charge in [-0.3, -0.25) is 4.90 Å². The van der Waals surface area contributed by atoms with Gasteiger partial charge in [0.25, 0.3) is 0 Å². The Bertz CT molecular complexity index is 767. The summed E-state index contributed by atoms with van der Waals surface area (Å²) in [5.41, 5.74) is 2.40. The number of nitrogens with zero attached hydrogens (tertiary/aromatic N) is 5. The van der Waals surface area contributed by atoms with E-state index in [2.05, 4.69) is 70.7 Å². The molecule has 0 atom stereocenters. The molecule has 1 aliphatic heterocycles. The largest absolute Gasteiger partial charge is 0.379 e. The van der Waals surface area contributed by atoms with Gasteiger partial charge in [0, 0.05) is 31.7 Å². The Labute approximate surface area is 173 Å². The molecule has 0 spiro atoms. The van der Waals surface area contributed by atoms with Crippen LogP contribution in [0.4, 0.5) is 0 Å². The lowest BCUT2D eigenvalue weighted by Gasteiger charge is -2.41. The molecule has 1 aromatic carbocycles. The highest BCUT2D eigenvalue weighted by atomic mass is 16.5. The predicted octanol–water partition coefficient (Wildman–Crippen LogP) is 1.49. The van der Waals surface area contributed by atoms with Gasteiger partial charge >= 0.3 is 0 Å². The van der Waals surface area contributed by atoms with E-state index < -0.39 is 0 Å². The highest BCUT2D eigenvalue weighted by Crippen LogP contribution is 2.15. The molecule has 0 unspecified atom stereocenters. The number of rotatable bonds is 8. The fourth-order valence-corrected chi connectivity index (χ4v) is 3.42. The standard InChI is InChI=1S/C21H33N7O/c1-4-23-20(25-15-21(2,3)27-8-10-29-11-9-27)24-13-18-6-5-7-19(12-18)14-28-17-22-16-26-28/h5-7,12,16-17H,4,8-11,13-15H2,1-3H3,(H2,23,24,25). The van der Waals surface area contributed by atoms with Gasteiger partial charge in [0.15, 0.2) is 5.96 Å². The molecule has 1 aliphatic rings. The topological polar surface area (TPSA) is 79.6 Å². The van der Waals surface area contributed by atoms with Gasteiger partial charge in [-0.2, -0.15) is 5.10 Å². The van der Waals surface area contributed by atoms with Crippen molar-refractivity contribution in [2.24, 2.45) is 4.99 Å². The summed E-state index contributed by atoms with van der Waals surface area (Å²) in [6, 6.07) is 8.45. The first-order chi connectivity index (χ1) is 14.1. The third-order valence-corrected chi connectivity index (χ3v) is 5.12. The van der Waals surface area contributed by atoms with Crippen molar-refractivity contribution < 1.29 is 4.74 Å². The average molecular weight is 400 g/mol. The van der Waals surface area contributed by atoms with Crippen molar-refractivity contribution in [1.82, 2.24) is 30.3 Å². The highest BCUT2D eigenvalue weighted by molar-refractivity contribution is 5.79. The molecule has 1 aromatic heterocycles. The van der Waals surface area contributed by atoms with Gasteiger partial charge < -0.3 is 15.4 Å². The summed E-state index contributed by atoms with van der Waals surface area (Å²) in [6.45, 7) is 13.2. The van der Waals surface area contributed by atoms with Crippen LogP contribution in [0, 0.1) is 0 Å². The summed E-state index contributed by atoms with van der Waals surface area (Å²) >= 11 is 0. The van der Waals surface area contributed by atoms with E-state index in [1.807, 2.05) is 4.68 Å². The zero-order valence-electron chi connectivity index (χ0n) is 17.8. The molecular formula is C21H33N7O. The second-order valence-corrected chi connectivity index (χ2v) is 7.87. The quantitative estimate of drug-likeness (QED) is 0.517. The van der Waals surface area contributed by atoms with Crippen LogP contribution in [-0.2, 0) is 17.8 Å². The third-order valence-electron chi connectivity index (χ3n) is 5.12. The van der Waals surface area contributed by atoms with E-state index in [-0.39, 0.29) is 5.54 Å². The predicted molar refractivity (Wildman–Crippen MR) is 115 cm³/mol. The normalized spacial score (nSPS) is 16.0. The van der Waals surface area contributed by atoms with Crippen molar-refractivity contribution in [1.29, 1.82) is 0 Å². The van der Waals surface area contributed by atoms with Crippen LogP contribution in [0.2, 0.25) is 0 Å². The van der Waals surface area contributed by atoms with Crippen molar-refractivity contribution in [3.63, 3.8) is 0 Å². The monoisotopic (exact) mass is 399 g/mol. The Morgan fingerprint density at radius 3 is 2.72 bits per heavy atom. The van der Waals surface area contributed by atoms with E-state index in [9.17, 15) is 0 Å². The van der Waals surface area contributed by atoms with Crippen LogP contribution in [0.1, 0.15) is 31.9 Å². The van der Waals surface area contributed by atoms with E-state index in [1.165, 1.54) is 11.1 Å². The number of aromatic nitrogens is 3. The maximum Gasteiger partial charge on any atom is 0.191 e. The van der Waals surface area contributed by atoms with Gasteiger partial charge in [-0.15, -0.1) is 0 Å². The molecule has 1 saturated heterocycles. The van der Waals surface area contributed by atoms with Crippen molar-refractivity contribution in [2.45, 2.75) is 39.4 Å². The number of nitrogens with one attached hydrogen (secondary N) is 2. The van der Waals surface area contributed by atoms with Crippen molar-refractivity contribution in [3.05, 3.63) is 48.0 Å². The zero-order valence-corrected chi connectivity index (χ0v) is 17.8. The summed E-state index contributed by atoms with van der Waals surface area (Å²) in [7, 11) is 0. The number of aliphatic imine (C=N–C) groups is 1. The van der Waals surface area contributed by atoms with Crippen LogP contribution in [0.25, 0.3) is 0 Å². The second-order valence-electron chi connectivity index (χ2n) is 7.87. The summed E-state index contributed by atoms with van der Waals surface area (Å²) in [5.74, 6) is 0.843. The first-order valence-electron chi connectivity index (χ1n) is 10.3. The Balaban J connectivity index is 1.58. The van der Waals surface area contributed by atoms with Gasteiger partial charge in [0.1, 0.15) is 12.7 Å². The number of benzene rings is 1. The fraction of sp³-hybridized carbons (Fsp3) is 0.571. The molecule has 0 saturated carbocycles. The molecule has 3 rings (SSSR count). The Hall–Kier alpha value is -2.45. The summed E-state index contributed by atoms with van der Waals surface area (Å²) in [6.07, 6.45) is 3.29. The van der Waals surface area contributed by atoms with Gasteiger partial charge in [-0.25, -0.2) is 14.7 Å². The van der Waals surface area contributed by atoms with E-state index in [1.54, 1.807) is 12.7 Å².